The summed E-state index contributed by atoms with van der Waals surface area (Å²) in [5, 5.41) is 9.13. The summed E-state index contributed by atoms with van der Waals surface area (Å²) in [4.78, 5) is 0. The van der Waals surface area contributed by atoms with Crippen LogP contribution in [0.4, 0.5) is 0 Å². The minimum Gasteiger partial charge on any atom is -0.391 e. The van der Waals surface area contributed by atoms with E-state index in [4.69, 9.17) is 30.9 Å². The smallest absolute Gasteiger partial charge is 0.148 e. The van der Waals surface area contributed by atoms with Crippen LogP contribution in [-0.4, -0.2) is 50.3 Å². The normalized spacial score (nSPS) is 14.0. The minimum absolute atomic E-state index is 0.192. The Balaban J connectivity index is 3.46. The largest absolute Gasteiger partial charge is 0.391 e. The fourth-order valence-electron chi connectivity index (χ4n) is 0.768. The van der Waals surface area contributed by atoms with Crippen LogP contribution in [-0.2, 0) is 14.2 Å². The molecule has 1 unspecified atom stereocenters. The Morgan fingerprint density at radius 1 is 1.38 bits per heavy atom. The maximum Gasteiger partial charge on any atom is 0.148 e. The quantitative estimate of drug-likeness (QED) is 0.302. The number of methoxy groups -OCH3 is 1. The van der Waals surface area contributed by atoms with Crippen molar-refractivity contribution in [2.75, 3.05) is 33.0 Å². The topological polar surface area (TPSA) is 47.9 Å². The average Bonchev–Trinajstić information content (AvgIpc) is 2.28. The van der Waals surface area contributed by atoms with Gasteiger partial charge in [0, 0.05) is 19.4 Å². The number of hydrogen-bond donors (Lipinski definition) is 1. The fourth-order valence-corrected chi connectivity index (χ4v) is 0.877. The maximum absolute atomic E-state index is 9.13. The monoisotopic (exact) mass is 250 g/mol. The highest BCUT2D eigenvalue weighted by Crippen LogP contribution is 1.94. The highest BCUT2D eigenvalue weighted by atomic mass is 35.5. The van der Waals surface area contributed by atoms with Crippen LogP contribution in [0, 0.1) is 11.8 Å². The van der Waals surface area contributed by atoms with Gasteiger partial charge in [0.15, 0.2) is 0 Å². The molecule has 0 heterocycles. The van der Waals surface area contributed by atoms with Crippen molar-refractivity contribution in [3.8, 4) is 11.8 Å². The Bertz CT molecular complexity index is 212. The van der Waals surface area contributed by atoms with Gasteiger partial charge < -0.3 is 19.3 Å². The first kappa shape index (κ1) is 15.7. The summed E-state index contributed by atoms with van der Waals surface area (Å²) in [6.07, 6.45) is -0.425. The lowest BCUT2D eigenvalue weighted by Crippen LogP contribution is -2.12. The molecule has 0 spiro atoms. The second kappa shape index (κ2) is 11.2. The maximum atomic E-state index is 9.13. The molecule has 0 radical (unpaired) electrons. The van der Waals surface area contributed by atoms with E-state index in [2.05, 4.69) is 11.8 Å². The summed E-state index contributed by atoms with van der Waals surface area (Å²) >= 11 is 5.42. The first-order valence-electron chi connectivity index (χ1n) is 5.11. The molecule has 16 heavy (non-hydrogen) atoms. The molecule has 94 valence electrons. The van der Waals surface area contributed by atoms with Gasteiger partial charge in [-0.1, -0.05) is 11.8 Å². The van der Waals surface area contributed by atoms with E-state index < -0.39 is 6.10 Å². The third kappa shape index (κ3) is 10.2. The highest BCUT2D eigenvalue weighted by molar-refractivity contribution is 6.18. The third-order valence-electron chi connectivity index (χ3n) is 1.65. The molecular weight excluding hydrogens is 232 g/mol. The van der Waals surface area contributed by atoms with Gasteiger partial charge in [0.05, 0.1) is 19.3 Å². The van der Waals surface area contributed by atoms with Crippen molar-refractivity contribution in [2.45, 2.75) is 25.6 Å². The number of hydrogen-bond acceptors (Lipinski definition) is 4. The van der Waals surface area contributed by atoms with Gasteiger partial charge in [-0.3, -0.25) is 0 Å². The summed E-state index contributed by atoms with van der Waals surface area (Å²) in [5.74, 6) is 5.83. The van der Waals surface area contributed by atoms with Crippen molar-refractivity contribution in [2.24, 2.45) is 0 Å². The summed E-state index contributed by atoms with van der Waals surface area (Å²) in [6.45, 7) is 3.06. The minimum atomic E-state index is -0.570. The van der Waals surface area contributed by atoms with Crippen LogP contribution in [0.3, 0.4) is 0 Å². The zero-order valence-electron chi connectivity index (χ0n) is 9.74. The Morgan fingerprint density at radius 2 is 2.12 bits per heavy atom. The van der Waals surface area contributed by atoms with Crippen LogP contribution < -0.4 is 0 Å². The van der Waals surface area contributed by atoms with E-state index in [1.54, 1.807) is 7.11 Å². The highest BCUT2D eigenvalue weighted by Gasteiger charge is 1.99. The molecule has 0 aliphatic heterocycles. The van der Waals surface area contributed by atoms with Crippen LogP contribution in [0.15, 0.2) is 0 Å². The van der Waals surface area contributed by atoms with Gasteiger partial charge in [0.25, 0.3) is 0 Å². The molecule has 1 N–H and O–H groups in total. The van der Waals surface area contributed by atoms with Gasteiger partial charge in [0.1, 0.15) is 12.9 Å². The lowest BCUT2D eigenvalue weighted by atomic mass is 10.3. The second-order valence-corrected chi connectivity index (χ2v) is 3.47. The summed E-state index contributed by atoms with van der Waals surface area (Å²) in [7, 11) is 1.61. The predicted molar refractivity (Wildman–Crippen MR) is 62.4 cm³/mol. The van der Waals surface area contributed by atoms with Gasteiger partial charge in [-0.15, -0.1) is 11.6 Å². The van der Waals surface area contributed by atoms with Crippen LogP contribution >= 0.6 is 11.6 Å². The molecule has 0 rings (SSSR count). The summed E-state index contributed by atoms with van der Waals surface area (Å²) < 4.78 is 15.1. The molecular formula is C11H19ClO4. The molecule has 0 aliphatic rings. The van der Waals surface area contributed by atoms with E-state index in [0.29, 0.717) is 19.6 Å². The van der Waals surface area contributed by atoms with E-state index in [0.717, 1.165) is 0 Å². The second-order valence-electron chi connectivity index (χ2n) is 3.16. The first-order valence-corrected chi connectivity index (χ1v) is 5.64. The predicted octanol–water partition coefficient (Wildman–Crippen LogP) is 1.01. The number of halogens is 1. The van der Waals surface area contributed by atoms with Crippen molar-refractivity contribution in [3.63, 3.8) is 0 Å². The van der Waals surface area contributed by atoms with Gasteiger partial charge in [-0.2, -0.15) is 0 Å². The van der Waals surface area contributed by atoms with Crippen LogP contribution in [0.5, 0.6) is 0 Å². The van der Waals surface area contributed by atoms with Gasteiger partial charge >= 0.3 is 0 Å². The van der Waals surface area contributed by atoms with Crippen molar-refractivity contribution in [1.29, 1.82) is 0 Å². The number of alkyl halides is 1. The van der Waals surface area contributed by atoms with Crippen molar-refractivity contribution < 1.29 is 19.3 Å². The van der Waals surface area contributed by atoms with Gasteiger partial charge in [0.2, 0.25) is 0 Å². The van der Waals surface area contributed by atoms with Crippen LogP contribution in [0.1, 0.15) is 13.3 Å². The van der Waals surface area contributed by atoms with E-state index in [-0.39, 0.29) is 18.8 Å². The van der Waals surface area contributed by atoms with Crippen molar-refractivity contribution in [1.82, 2.24) is 0 Å². The molecule has 2 atom stereocenters. The molecule has 5 heteroatoms. The summed E-state index contributed by atoms with van der Waals surface area (Å²) in [6, 6.07) is 0. The molecule has 0 aliphatic carbocycles. The Hall–Kier alpha value is -0.310. The fraction of sp³-hybridized carbons (Fsp3) is 0.818. The Kier molecular flexibility index (Phi) is 11.0. The lowest BCUT2D eigenvalue weighted by molar-refractivity contribution is -0.0780. The third-order valence-corrected chi connectivity index (χ3v) is 2.01. The number of aliphatic hydroxyl groups excluding tert-OH is 1. The Labute approximate surface area is 102 Å². The standard InChI is InChI=1S/C11H19ClO4/c1-10(4-3-5-11(13)8-12)16-9-15-7-6-14-2/h10-11,13H,5-9H2,1-2H3/t10?,11-/m1/s1. The van der Waals surface area contributed by atoms with Crippen molar-refractivity contribution in [3.05, 3.63) is 0 Å². The first-order chi connectivity index (χ1) is 7.70. The average molecular weight is 251 g/mol. The van der Waals surface area contributed by atoms with Crippen LogP contribution in [0.25, 0.3) is 0 Å². The summed E-state index contributed by atoms with van der Waals surface area (Å²) in [5.41, 5.74) is 0. The van der Waals surface area contributed by atoms with E-state index in [1.807, 2.05) is 6.92 Å². The number of rotatable bonds is 8. The molecule has 0 bridgehead atoms. The molecule has 0 aromatic carbocycles. The van der Waals surface area contributed by atoms with E-state index in [1.165, 1.54) is 0 Å². The zero-order valence-corrected chi connectivity index (χ0v) is 10.5. The SMILES string of the molecule is COCCOCOC(C)C#CC[C@@H](O)CCl. The molecule has 0 saturated heterocycles. The molecule has 0 fully saturated rings. The molecule has 0 amide bonds. The van der Waals surface area contributed by atoms with E-state index in [9.17, 15) is 0 Å². The lowest BCUT2D eigenvalue weighted by Gasteiger charge is -2.07. The zero-order chi connectivity index (χ0) is 12.2. The molecule has 4 nitrogen and oxygen atoms in total. The molecule has 0 aromatic rings. The molecule has 0 saturated carbocycles. The van der Waals surface area contributed by atoms with E-state index >= 15 is 0 Å². The Morgan fingerprint density at radius 3 is 2.75 bits per heavy atom. The molecule has 0 aromatic heterocycles. The number of ether oxygens (including phenoxy) is 3. The van der Waals surface area contributed by atoms with Gasteiger partial charge in [-0.05, 0) is 6.92 Å². The van der Waals surface area contributed by atoms with Crippen molar-refractivity contribution >= 4 is 11.6 Å². The number of aliphatic hydroxyl groups is 1. The van der Waals surface area contributed by atoms with Crippen LogP contribution in [0.2, 0.25) is 0 Å². The van der Waals surface area contributed by atoms with Gasteiger partial charge in [-0.25, -0.2) is 0 Å².